The van der Waals surface area contributed by atoms with Gasteiger partial charge >= 0.3 is 0 Å². The smallest absolute Gasteiger partial charge is 0.0648 e. The molecule has 1 N–H and O–H groups in total. The first-order valence-electron chi connectivity index (χ1n) is 6.24. The van der Waals surface area contributed by atoms with Crippen molar-refractivity contribution in [2.75, 3.05) is 5.32 Å². The number of benzene rings is 2. The number of rotatable bonds is 3. The zero-order chi connectivity index (χ0) is 13.9. The maximum Gasteiger partial charge on any atom is 0.0648 e. The largest absolute Gasteiger partial charge is 0.380 e. The van der Waals surface area contributed by atoms with Crippen LogP contribution in [0.1, 0.15) is 5.56 Å². The summed E-state index contributed by atoms with van der Waals surface area (Å²) in [5.74, 6) is 0. The highest BCUT2D eigenvalue weighted by Gasteiger charge is 2.03. The molecule has 4 heteroatoms. The van der Waals surface area contributed by atoms with Crippen LogP contribution in [0.4, 0.5) is 5.69 Å². The number of fused-ring (bicyclic) bond motifs is 1. The zero-order valence-corrected chi connectivity index (χ0v) is 12.9. The lowest BCUT2D eigenvalue weighted by Crippen LogP contribution is -2.01. The van der Waals surface area contributed by atoms with E-state index >= 15 is 0 Å². The lowest BCUT2D eigenvalue weighted by atomic mass is 10.1. The SMILES string of the molecule is Clc1cc(Br)ccc1NCc1cncc2ccccc12. The molecule has 3 rings (SSSR count). The first-order valence-corrected chi connectivity index (χ1v) is 7.42. The predicted molar refractivity (Wildman–Crippen MR) is 88.2 cm³/mol. The molecule has 0 bridgehead atoms. The van der Waals surface area contributed by atoms with Gasteiger partial charge < -0.3 is 5.32 Å². The van der Waals surface area contributed by atoms with Crippen molar-refractivity contribution in [2.45, 2.75) is 6.54 Å². The molecule has 1 aromatic heterocycles. The Hall–Kier alpha value is -1.58. The molecule has 0 atom stereocenters. The predicted octanol–water partition coefficient (Wildman–Crippen LogP) is 5.26. The molecule has 2 nitrogen and oxygen atoms in total. The van der Waals surface area contributed by atoms with Crippen molar-refractivity contribution in [3.63, 3.8) is 0 Å². The van der Waals surface area contributed by atoms with Gasteiger partial charge in [-0.25, -0.2) is 0 Å². The van der Waals surface area contributed by atoms with E-state index in [9.17, 15) is 0 Å². The second-order valence-electron chi connectivity index (χ2n) is 4.50. The van der Waals surface area contributed by atoms with Crippen LogP contribution in [0, 0.1) is 0 Å². The molecule has 0 saturated heterocycles. The molecule has 1 heterocycles. The van der Waals surface area contributed by atoms with Gasteiger partial charge in [0.25, 0.3) is 0 Å². The van der Waals surface area contributed by atoms with Crippen molar-refractivity contribution in [3.8, 4) is 0 Å². The van der Waals surface area contributed by atoms with Crippen molar-refractivity contribution >= 4 is 44.0 Å². The van der Waals surface area contributed by atoms with Gasteiger partial charge in [0.15, 0.2) is 0 Å². The van der Waals surface area contributed by atoms with Gasteiger partial charge in [-0.2, -0.15) is 0 Å². The van der Waals surface area contributed by atoms with E-state index in [0.717, 1.165) is 21.1 Å². The second-order valence-corrected chi connectivity index (χ2v) is 5.82. The fourth-order valence-electron chi connectivity index (χ4n) is 2.14. The van der Waals surface area contributed by atoms with Crippen LogP contribution in [0.2, 0.25) is 5.02 Å². The summed E-state index contributed by atoms with van der Waals surface area (Å²) in [6.07, 6.45) is 3.77. The van der Waals surface area contributed by atoms with Gasteiger partial charge in [0.2, 0.25) is 0 Å². The van der Waals surface area contributed by atoms with Crippen molar-refractivity contribution in [1.82, 2.24) is 4.98 Å². The third-order valence-electron chi connectivity index (χ3n) is 3.15. The number of nitrogens with one attached hydrogen (secondary N) is 1. The molecular formula is C16H12BrClN2. The van der Waals surface area contributed by atoms with Gasteiger partial charge in [0.05, 0.1) is 10.7 Å². The fourth-order valence-corrected chi connectivity index (χ4v) is 2.88. The van der Waals surface area contributed by atoms with Gasteiger partial charge in [-0.15, -0.1) is 0 Å². The molecule has 3 aromatic rings. The summed E-state index contributed by atoms with van der Waals surface area (Å²) >= 11 is 9.61. The minimum Gasteiger partial charge on any atom is -0.380 e. The average molecular weight is 348 g/mol. The molecule has 0 aliphatic rings. The Morgan fingerprint density at radius 2 is 1.95 bits per heavy atom. The molecule has 0 unspecified atom stereocenters. The van der Waals surface area contributed by atoms with Crippen LogP contribution in [-0.4, -0.2) is 4.98 Å². The molecule has 0 aliphatic heterocycles. The van der Waals surface area contributed by atoms with E-state index in [-0.39, 0.29) is 0 Å². The molecule has 20 heavy (non-hydrogen) atoms. The van der Waals surface area contributed by atoms with Crippen LogP contribution in [0.3, 0.4) is 0 Å². The van der Waals surface area contributed by atoms with Gasteiger partial charge in [0.1, 0.15) is 0 Å². The molecule has 0 fully saturated rings. The molecule has 0 spiro atoms. The number of aromatic nitrogens is 1. The van der Waals surface area contributed by atoms with Crippen LogP contribution in [-0.2, 0) is 6.54 Å². The molecule has 2 aromatic carbocycles. The highest BCUT2D eigenvalue weighted by molar-refractivity contribution is 9.10. The molecule has 0 saturated carbocycles. The number of hydrogen-bond donors (Lipinski definition) is 1. The summed E-state index contributed by atoms with van der Waals surface area (Å²) in [6.45, 7) is 0.690. The van der Waals surface area contributed by atoms with E-state index in [2.05, 4.69) is 38.4 Å². The Kier molecular flexibility index (Phi) is 3.90. The van der Waals surface area contributed by atoms with Gasteiger partial charge in [-0.3, -0.25) is 4.98 Å². The quantitative estimate of drug-likeness (QED) is 0.699. The summed E-state index contributed by atoms with van der Waals surface area (Å²) in [5.41, 5.74) is 2.07. The Morgan fingerprint density at radius 1 is 1.10 bits per heavy atom. The van der Waals surface area contributed by atoms with Crippen LogP contribution >= 0.6 is 27.5 Å². The highest BCUT2D eigenvalue weighted by Crippen LogP contribution is 2.26. The standard InChI is InChI=1S/C16H12BrClN2/c17-13-5-6-16(15(18)7-13)20-10-12-9-19-8-11-3-1-2-4-14(11)12/h1-9,20H,10H2. The van der Waals surface area contributed by atoms with Crippen LogP contribution in [0.15, 0.2) is 59.3 Å². The molecule has 0 aliphatic carbocycles. The Balaban J connectivity index is 1.87. The summed E-state index contributed by atoms with van der Waals surface area (Å²) in [6, 6.07) is 14.0. The normalized spacial score (nSPS) is 10.7. The molecule has 100 valence electrons. The maximum atomic E-state index is 6.21. The second kappa shape index (κ2) is 5.81. The summed E-state index contributed by atoms with van der Waals surface area (Å²) < 4.78 is 0.972. The first kappa shape index (κ1) is 13.4. The molecular weight excluding hydrogens is 336 g/mol. The van der Waals surface area contributed by atoms with Crippen molar-refractivity contribution in [3.05, 3.63) is 69.9 Å². The zero-order valence-electron chi connectivity index (χ0n) is 10.6. The topological polar surface area (TPSA) is 24.9 Å². The summed E-state index contributed by atoms with van der Waals surface area (Å²) in [7, 11) is 0. The molecule has 0 amide bonds. The van der Waals surface area contributed by atoms with Crippen LogP contribution in [0.5, 0.6) is 0 Å². The van der Waals surface area contributed by atoms with Gasteiger partial charge in [-0.1, -0.05) is 51.8 Å². The lowest BCUT2D eigenvalue weighted by molar-refractivity contribution is 1.14. The average Bonchev–Trinajstić information content (AvgIpc) is 2.46. The highest BCUT2D eigenvalue weighted by atomic mass is 79.9. The van der Waals surface area contributed by atoms with E-state index in [0.29, 0.717) is 11.6 Å². The van der Waals surface area contributed by atoms with Gasteiger partial charge in [-0.05, 0) is 29.1 Å². The first-order chi connectivity index (χ1) is 9.74. The third kappa shape index (κ3) is 2.79. The Bertz CT molecular complexity index is 753. The number of pyridine rings is 1. The maximum absolute atomic E-state index is 6.21. The lowest BCUT2D eigenvalue weighted by Gasteiger charge is -2.10. The van der Waals surface area contributed by atoms with E-state index in [1.807, 2.05) is 42.7 Å². The third-order valence-corrected chi connectivity index (χ3v) is 3.96. The van der Waals surface area contributed by atoms with Crippen molar-refractivity contribution in [1.29, 1.82) is 0 Å². The van der Waals surface area contributed by atoms with Crippen molar-refractivity contribution < 1.29 is 0 Å². The van der Waals surface area contributed by atoms with Crippen LogP contribution in [0.25, 0.3) is 10.8 Å². The number of hydrogen-bond acceptors (Lipinski definition) is 2. The number of halogens is 2. The Morgan fingerprint density at radius 3 is 2.80 bits per heavy atom. The summed E-state index contributed by atoms with van der Waals surface area (Å²) in [4.78, 5) is 4.28. The minimum absolute atomic E-state index is 0.690. The number of nitrogens with zero attached hydrogens (tertiary/aromatic N) is 1. The Labute approximate surface area is 130 Å². The van der Waals surface area contributed by atoms with E-state index in [4.69, 9.17) is 11.6 Å². The van der Waals surface area contributed by atoms with E-state index in [1.54, 1.807) is 0 Å². The summed E-state index contributed by atoms with van der Waals surface area (Å²) in [5, 5.41) is 6.42. The minimum atomic E-state index is 0.690. The van der Waals surface area contributed by atoms with Crippen LogP contribution < -0.4 is 5.32 Å². The van der Waals surface area contributed by atoms with Gasteiger partial charge in [0, 0.05) is 28.8 Å². The fraction of sp³-hybridized carbons (Fsp3) is 0.0625. The van der Waals surface area contributed by atoms with E-state index < -0.39 is 0 Å². The van der Waals surface area contributed by atoms with Crippen molar-refractivity contribution in [2.24, 2.45) is 0 Å². The molecule has 0 radical (unpaired) electrons. The monoisotopic (exact) mass is 346 g/mol. The van der Waals surface area contributed by atoms with E-state index in [1.165, 1.54) is 5.39 Å². The number of anilines is 1.